The van der Waals surface area contributed by atoms with Gasteiger partial charge in [-0.25, -0.2) is 0 Å². The minimum Gasteiger partial charge on any atom is -0.371 e. The molecule has 5 nitrogen and oxygen atoms in total. The fraction of sp³-hybridized carbons (Fsp3) is 0.429. The van der Waals surface area contributed by atoms with Gasteiger partial charge in [0.1, 0.15) is 0 Å². The first kappa shape index (κ1) is 13.4. The molecule has 5 heteroatoms. The Morgan fingerprint density at radius 3 is 2.53 bits per heavy atom. The highest BCUT2D eigenvalue weighted by Gasteiger charge is 2.15. The van der Waals surface area contributed by atoms with Gasteiger partial charge >= 0.3 is 0 Å². The standard InChI is InChI=1S/C14H20N4O/c1-10-5-6-11(13(19)17-14(15)16)9-12(10)18-7-3-2-4-8-18/h5-6,9H,2-4,7-8H2,1H3,(H4,15,16,17,19). The minimum atomic E-state index is -0.391. The molecule has 1 heterocycles. The number of benzene rings is 1. The molecule has 0 aliphatic carbocycles. The van der Waals surface area contributed by atoms with Crippen molar-refractivity contribution in [2.45, 2.75) is 26.2 Å². The van der Waals surface area contributed by atoms with Crippen LogP contribution in [0.25, 0.3) is 0 Å². The van der Waals surface area contributed by atoms with E-state index < -0.39 is 5.91 Å². The van der Waals surface area contributed by atoms with Crippen LogP contribution in [0.1, 0.15) is 35.2 Å². The first-order valence-corrected chi connectivity index (χ1v) is 6.57. The van der Waals surface area contributed by atoms with Crippen molar-refractivity contribution in [3.8, 4) is 0 Å². The summed E-state index contributed by atoms with van der Waals surface area (Å²) in [5.41, 5.74) is 13.3. The first-order chi connectivity index (χ1) is 9.08. The highest BCUT2D eigenvalue weighted by Crippen LogP contribution is 2.25. The van der Waals surface area contributed by atoms with Crippen LogP contribution in [-0.2, 0) is 0 Å². The predicted molar refractivity (Wildman–Crippen MR) is 77.4 cm³/mol. The van der Waals surface area contributed by atoms with Crippen LogP contribution in [-0.4, -0.2) is 25.0 Å². The molecule has 0 spiro atoms. The molecule has 1 aromatic rings. The van der Waals surface area contributed by atoms with Crippen LogP contribution in [0, 0.1) is 6.92 Å². The van der Waals surface area contributed by atoms with E-state index in [1.807, 2.05) is 12.1 Å². The van der Waals surface area contributed by atoms with Gasteiger partial charge < -0.3 is 16.4 Å². The van der Waals surface area contributed by atoms with Crippen LogP contribution >= 0.6 is 0 Å². The Kier molecular flexibility index (Phi) is 4.04. The van der Waals surface area contributed by atoms with Crippen LogP contribution in [0.5, 0.6) is 0 Å². The highest BCUT2D eigenvalue weighted by atomic mass is 16.1. The molecule has 19 heavy (non-hydrogen) atoms. The number of aryl methyl sites for hydroxylation is 1. The Morgan fingerprint density at radius 1 is 1.21 bits per heavy atom. The largest absolute Gasteiger partial charge is 0.371 e. The molecule has 4 N–H and O–H groups in total. The molecule has 0 unspecified atom stereocenters. The van der Waals surface area contributed by atoms with E-state index in [2.05, 4.69) is 16.8 Å². The molecule has 1 aromatic carbocycles. The van der Waals surface area contributed by atoms with Gasteiger partial charge in [-0.15, -0.1) is 0 Å². The van der Waals surface area contributed by atoms with Crippen LogP contribution in [0.2, 0.25) is 0 Å². The molecule has 0 saturated carbocycles. The van der Waals surface area contributed by atoms with Crippen LogP contribution in [0.4, 0.5) is 5.69 Å². The fourth-order valence-corrected chi connectivity index (χ4v) is 2.40. The third-order valence-corrected chi connectivity index (χ3v) is 3.38. The summed E-state index contributed by atoms with van der Waals surface area (Å²) in [5.74, 6) is -0.594. The molecule has 1 aliphatic heterocycles. The Hall–Kier alpha value is -2.04. The molecule has 2 rings (SSSR count). The summed E-state index contributed by atoms with van der Waals surface area (Å²) in [5, 5.41) is 0. The lowest BCUT2D eigenvalue weighted by Gasteiger charge is -2.30. The lowest BCUT2D eigenvalue weighted by molar-refractivity contribution is 0.100. The molecular formula is C14H20N4O. The molecule has 0 radical (unpaired) electrons. The number of hydrogen-bond donors (Lipinski definition) is 2. The van der Waals surface area contributed by atoms with Crippen LogP contribution in [0.15, 0.2) is 23.2 Å². The van der Waals surface area contributed by atoms with Crippen LogP contribution < -0.4 is 16.4 Å². The van der Waals surface area contributed by atoms with Gasteiger partial charge in [-0.2, -0.15) is 4.99 Å². The van der Waals surface area contributed by atoms with Crippen molar-refractivity contribution in [1.29, 1.82) is 0 Å². The summed E-state index contributed by atoms with van der Waals surface area (Å²) in [4.78, 5) is 17.7. The summed E-state index contributed by atoms with van der Waals surface area (Å²) in [6, 6.07) is 5.59. The molecule has 102 valence electrons. The molecule has 1 aliphatic rings. The predicted octanol–water partition coefficient (Wildman–Crippen LogP) is 1.40. The quantitative estimate of drug-likeness (QED) is 0.621. The highest BCUT2D eigenvalue weighted by molar-refractivity contribution is 6.02. The number of aliphatic imine (C=N–C) groups is 1. The van der Waals surface area contributed by atoms with E-state index in [1.165, 1.54) is 24.8 Å². The summed E-state index contributed by atoms with van der Waals surface area (Å²) in [6.07, 6.45) is 3.68. The van der Waals surface area contributed by atoms with Crippen molar-refractivity contribution >= 4 is 17.6 Å². The van der Waals surface area contributed by atoms with E-state index in [0.717, 1.165) is 18.8 Å². The fourth-order valence-electron chi connectivity index (χ4n) is 2.40. The van der Waals surface area contributed by atoms with Crippen molar-refractivity contribution < 1.29 is 4.79 Å². The zero-order valence-corrected chi connectivity index (χ0v) is 11.2. The van der Waals surface area contributed by atoms with Gasteiger partial charge in [0, 0.05) is 24.3 Å². The average molecular weight is 260 g/mol. The SMILES string of the molecule is Cc1ccc(C(=O)N=C(N)N)cc1N1CCCCC1. The van der Waals surface area contributed by atoms with Gasteiger partial charge in [0.25, 0.3) is 5.91 Å². The number of rotatable bonds is 2. The maximum absolute atomic E-state index is 11.8. The van der Waals surface area contributed by atoms with Crippen molar-refractivity contribution in [1.82, 2.24) is 0 Å². The van der Waals surface area contributed by atoms with Crippen molar-refractivity contribution in [3.05, 3.63) is 29.3 Å². The summed E-state index contributed by atoms with van der Waals surface area (Å²) in [7, 11) is 0. The number of nitrogens with zero attached hydrogens (tertiary/aromatic N) is 2. The second-order valence-corrected chi connectivity index (χ2v) is 4.89. The van der Waals surface area contributed by atoms with E-state index >= 15 is 0 Å². The van der Waals surface area contributed by atoms with E-state index in [1.54, 1.807) is 6.07 Å². The Labute approximate surface area is 113 Å². The van der Waals surface area contributed by atoms with E-state index in [-0.39, 0.29) is 5.96 Å². The van der Waals surface area contributed by atoms with Crippen molar-refractivity contribution in [2.75, 3.05) is 18.0 Å². The van der Waals surface area contributed by atoms with Crippen molar-refractivity contribution in [2.24, 2.45) is 16.5 Å². The normalized spacial score (nSPS) is 15.1. The Balaban J connectivity index is 2.28. The number of carbonyl (C=O) groups is 1. The minimum absolute atomic E-state index is 0.204. The second kappa shape index (κ2) is 5.73. The Bertz CT molecular complexity index is 500. The molecule has 1 saturated heterocycles. The van der Waals surface area contributed by atoms with Gasteiger partial charge in [0.15, 0.2) is 5.96 Å². The number of nitrogens with two attached hydrogens (primary N) is 2. The molecule has 1 fully saturated rings. The van der Waals surface area contributed by atoms with Crippen LogP contribution in [0.3, 0.4) is 0 Å². The summed E-state index contributed by atoms with van der Waals surface area (Å²) >= 11 is 0. The second-order valence-electron chi connectivity index (χ2n) is 4.89. The lowest BCUT2D eigenvalue weighted by atomic mass is 10.1. The number of hydrogen-bond acceptors (Lipinski definition) is 2. The molecule has 0 atom stereocenters. The zero-order chi connectivity index (χ0) is 13.8. The van der Waals surface area contributed by atoms with Gasteiger partial charge in [-0.1, -0.05) is 6.07 Å². The molecule has 1 amide bonds. The van der Waals surface area contributed by atoms with E-state index in [4.69, 9.17) is 11.5 Å². The summed E-state index contributed by atoms with van der Waals surface area (Å²) < 4.78 is 0. The Morgan fingerprint density at radius 2 is 1.89 bits per heavy atom. The van der Waals surface area contributed by atoms with E-state index in [0.29, 0.717) is 5.56 Å². The topological polar surface area (TPSA) is 84.7 Å². The maximum Gasteiger partial charge on any atom is 0.280 e. The smallest absolute Gasteiger partial charge is 0.280 e. The van der Waals surface area contributed by atoms with Gasteiger partial charge in [-0.3, -0.25) is 4.79 Å². The molecule has 0 aromatic heterocycles. The first-order valence-electron chi connectivity index (χ1n) is 6.57. The third-order valence-electron chi connectivity index (χ3n) is 3.38. The lowest BCUT2D eigenvalue weighted by Crippen LogP contribution is -2.30. The number of amides is 1. The average Bonchev–Trinajstić information content (AvgIpc) is 2.39. The zero-order valence-electron chi connectivity index (χ0n) is 11.2. The third kappa shape index (κ3) is 3.24. The molecule has 0 bridgehead atoms. The van der Waals surface area contributed by atoms with E-state index in [9.17, 15) is 4.79 Å². The number of carbonyl (C=O) groups excluding carboxylic acids is 1. The number of piperidine rings is 1. The van der Waals surface area contributed by atoms with Gasteiger partial charge in [0.05, 0.1) is 0 Å². The van der Waals surface area contributed by atoms with Gasteiger partial charge in [-0.05, 0) is 43.9 Å². The maximum atomic E-state index is 11.8. The monoisotopic (exact) mass is 260 g/mol. The molecular weight excluding hydrogens is 240 g/mol. The number of guanidine groups is 1. The van der Waals surface area contributed by atoms with Gasteiger partial charge in [0.2, 0.25) is 0 Å². The number of anilines is 1. The summed E-state index contributed by atoms with van der Waals surface area (Å²) in [6.45, 7) is 4.14. The van der Waals surface area contributed by atoms with Crippen molar-refractivity contribution in [3.63, 3.8) is 0 Å².